The molecular formula is C27H20N2O4S. The number of nitrogens with zero attached hydrogens (tertiary/aromatic N) is 1. The zero-order chi connectivity index (χ0) is 23.8. The predicted octanol–water partition coefficient (Wildman–Crippen LogP) is 6.58. The standard InChI is InChI=1S/C27H20N2O4S/c28-20-24(19-21-11-7-9-17-26(21)32-22-12-3-1-4-13-22)34(30,31)29-25-16-8-10-18-27(25)33-23-14-5-2-6-15-23/h1-19,29H. The highest BCUT2D eigenvalue weighted by atomic mass is 32.2. The molecule has 0 saturated carbocycles. The Hall–Kier alpha value is -4.54. The summed E-state index contributed by atoms with van der Waals surface area (Å²) in [6, 6.07) is 33.4. The molecule has 0 aliphatic carbocycles. The van der Waals surface area contributed by atoms with Crippen LogP contribution in [-0.2, 0) is 10.0 Å². The number of allylic oxidation sites excluding steroid dienone is 1. The summed E-state index contributed by atoms with van der Waals surface area (Å²) in [4.78, 5) is -0.467. The van der Waals surface area contributed by atoms with Gasteiger partial charge >= 0.3 is 0 Å². The molecule has 7 heteroatoms. The third-order valence-corrected chi connectivity index (χ3v) is 5.96. The van der Waals surface area contributed by atoms with Crippen molar-refractivity contribution >= 4 is 21.8 Å². The van der Waals surface area contributed by atoms with Crippen LogP contribution in [0.15, 0.2) is 114 Å². The molecule has 0 spiro atoms. The molecule has 34 heavy (non-hydrogen) atoms. The second-order valence-electron chi connectivity index (χ2n) is 7.09. The molecule has 0 fully saturated rings. The van der Waals surface area contributed by atoms with E-state index in [4.69, 9.17) is 9.47 Å². The summed E-state index contributed by atoms with van der Waals surface area (Å²) in [6.07, 6.45) is 1.28. The Morgan fingerprint density at radius 2 is 1.21 bits per heavy atom. The molecule has 0 heterocycles. The number of nitriles is 1. The zero-order valence-electron chi connectivity index (χ0n) is 18.0. The summed E-state index contributed by atoms with van der Waals surface area (Å²) < 4.78 is 40.4. The summed E-state index contributed by atoms with van der Waals surface area (Å²) in [5.41, 5.74) is 0.656. The van der Waals surface area contributed by atoms with Gasteiger partial charge in [0.1, 0.15) is 23.3 Å². The minimum Gasteiger partial charge on any atom is -0.457 e. The lowest BCUT2D eigenvalue weighted by Gasteiger charge is -2.13. The quantitative estimate of drug-likeness (QED) is 0.295. The van der Waals surface area contributed by atoms with Gasteiger partial charge in [-0.15, -0.1) is 0 Å². The second-order valence-corrected chi connectivity index (χ2v) is 8.74. The number of hydrogen-bond acceptors (Lipinski definition) is 5. The minimum atomic E-state index is -4.21. The number of para-hydroxylation sites is 5. The molecule has 0 saturated heterocycles. The lowest BCUT2D eigenvalue weighted by Crippen LogP contribution is -2.14. The van der Waals surface area contributed by atoms with Crippen LogP contribution >= 0.6 is 0 Å². The summed E-state index contributed by atoms with van der Waals surface area (Å²) in [5, 5.41) is 9.68. The van der Waals surface area contributed by atoms with Crippen LogP contribution in [0.1, 0.15) is 5.56 Å². The van der Waals surface area contributed by atoms with E-state index < -0.39 is 14.9 Å². The van der Waals surface area contributed by atoms with Crippen LogP contribution in [0.3, 0.4) is 0 Å². The maximum Gasteiger partial charge on any atom is 0.272 e. The van der Waals surface area contributed by atoms with Crippen molar-refractivity contribution in [1.29, 1.82) is 5.26 Å². The van der Waals surface area contributed by atoms with Gasteiger partial charge in [0.05, 0.1) is 5.69 Å². The molecule has 1 N–H and O–H groups in total. The number of benzene rings is 4. The highest BCUT2D eigenvalue weighted by Gasteiger charge is 2.20. The van der Waals surface area contributed by atoms with E-state index in [0.29, 0.717) is 28.6 Å². The lowest BCUT2D eigenvalue weighted by atomic mass is 10.2. The predicted molar refractivity (Wildman–Crippen MR) is 132 cm³/mol. The van der Waals surface area contributed by atoms with Crippen molar-refractivity contribution in [1.82, 2.24) is 0 Å². The Morgan fingerprint density at radius 3 is 1.82 bits per heavy atom. The first-order valence-electron chi connectivity index (χ1n) is 10.3. The van der Waals surface area contributed by atoms with Crippen molar-refractivity contribution in [2.45, 2.75) is 0 Å². The number of rotatable bonds is 8. The van der Waals surface area contributed by atoms with E-state index in [-0.39, 0.29) is 5.69 Å². The first-order chi connectivity index (χ1) is 16.5. The fraction of sp³-hybridized carbons (Fsp3) is 0. The Bertz CT molecular complexity index is 1440. The van der Waals surface area contributed by atoms with Gasteiger partial charge in [-0.2, -0.15) is 5.26 Å². The molecule has 0 aromatic heterocycles. The van der Waals surface area contributed by atoms with Gasteiger partial charge in [0.2, 0.25) is 0 Å². The van der Waals surface area contributed by atoms with Gasteiger partial charge in [-0.3, -0.25) is 4.72 Å². The number of anilines is 1. The van der Waals surface area contributed by atoms with E-state index in [1.54, 1.807) is 78.9 Å². The molecule has 0 aliphatic rings. The van der Waals surface area contributed by atoms with Gasteiger partial charge in [0, 0.05) is 5.56 Å². The fourth-order valence-electron chi connectivity index (χ4n) is 3.07. The van der Waals surface area contributed by atoms with E-state index in [1.807, 2.05) is 36.4 Å². The molecule has 0 bridgehead atoms. The first kappa shape index (κ1) is 22.6. The summed E-state index contributed by atoms with van der Waals surface area (Å²) >= 11 is 0. The molecule has 0 atom stereocenters. The van der Waals surface area contributed by atoms with E-state index in [2.05, 4.69) is 4.72 Å². The third kappa shape index (κ3) is 5.63. The van der Waals surface area contributed by atoms with Gasteiger partial charge in [0.25, 0.3) is 10.0 Å². The van der Waals surface area contributed by atoms with Crippen LogP contribution in [0, 0.1) is 11.3 Å². The molecular weight excluding hydrogens is 448 g/mol. The van der Waals surface area contributed by atoms with Crippen molar-refractivity contribution in [3.05, 3.63) is 120 Å². The Balaban J connectivity index is 1.63. The van der Waals surface area contributed by atoms with Crippen LogP contribution in [0.5, 0.6) is 23.0 Å². The second kappa shape index (κ2) is 10.4. The van der Waals surface area contributed by atoms with Crippen molar-refractivity contribution < 1.29 is 17.9 Å². The van der Waals surface area contributed by atoms with Crippen LogP contribution in [0.25, 0.3) is 6.08 Å². The SMILES string of the molecule is N#CC(=Cc1ccccc1Oc1ccccc1)S(=O)(=O)Nc1ccccc1Oc1ccccc1. The van der Waals surface area contributed by atoms with Crippen LogP contribution < -0.4 is 14.2 Å². The van der Waals surface area contributed by atoms with E-state index in [9.17, 15) is 13.7 Å². The molecule has 4 rings (SSSR count). The lowest BCUT2D eigenvalue weighted by molar-refractivity contribution is 0.481. The number of sulfonamides is 1. The third-order valence-electron chi connectivity index (χ3n) is 4.68. The highest BCUT2D eigenvalue weighted by Crippen LogP contribution is 2.32. The van der Waals surface area contributed by atoms with E-state index in [1.165, 1.54) is 6.08 Å². The summed E-state index contributed by atoms with van der Waals surface area (Å²) in [6.45, 7) is 0. The molecule has 4 aromatic carbocycles. The Kier molecular flexibility index (Phi) is 6.92. The van der Waals surface area contributed by atoms with Crippen molar-refractivity contribution in [2.75, 3.05) is 4.72 Å². The molecule has 0 radical (unpaired) electrons. The zero-order valence-corrected chi connectivity index (χ0v) is 18.8. The van der Waals surface area contributed by atoms with Crippen LogP contribution in [-0.4, -0.2) is 8.42 Å². The summed E-state index contributed by atoms with van der Waals surface area (Å²) in [5.74, 6) is 1.87. The monoisotopic (exact) mass is 468 g/mol. The number of hydrogen-bond donors (Lipinski definition) is 1. The minimum absolute atomic E-state index is 0.210. The topological polar surface area (TPSA) is 88.4 Å². The van der Waals surface area contributed by atoms with Gasteiger partial charge in [-0.05, 0) is 48.5 Å². The van der Waals surface area contributed by atoms with Crippen molar-refractivity contribution in [3.63, 3.8) is 0 Å². The van der Waals surface area contributed by atoms with Gasteiger partial charge < -0.3 is 9.47 Å². The molecule has 6 nitrogen and oxygen atoms in total. The van der Waals surface area contributed by atoms with Gasteiger partial charge in [-0.25, -0.2) is 8.42 Å². The van der Waals surface area contributed by atoms with Crippen LogP contribution in [0.4, 0.5) is 5.69 Å². The average molecular weight is 469 g/mol. The number of ether oxygens (including phenoxy) is 2. The van der Waals surface area contributed by atoms with Gasteiger partial charge in [0.15, 0.2) is 10.7 Å². The van der Waals surface area contributed by atoms with Crippen molar-refractivity contribution in [3.8, 4) is 29.1 Å². The molecule has 168 valence electrons. The molecule has 4 aromatic rings. The maximum atomic E-state index is 13.1. The Labute approximate surface area is 198 Å². The van der Waals surface area contributed by atoms with Crippen LogP contribution in [0.2, 0.25) is 0 Å². The highest BCUT2D eigenvalue weighted by molar-refractivity contribution is 7.97. The molecule has 0 unspecified atom stereocenters. The first-order valence-corrected chi connectivity index (χ1v) is 11.8. The Morgan fingerprint density at radius 1 is 0.706 bits per heavy atom. The number of nitrogens with one attached hydrogen (secondary N) is 1. The van der Waals surface area contributed by atoms with Crippen molar-refractivity contribution in [2.24, 2.45) is 0 Å². The summed E-state index contributed by atoms with van der Waals surface area (Å²) in [7, 11) is -4.21. The van der Waals surface area contributed by atoms with E-state index >= 15 is 0 Å². The average Bonchev–Trinajstić information content (AvgIpc) is 2.85. The maximum absolute atomic E-state index is 13.1. The molecule has 0 amide bonds. The normalized spacial score (nSPS) is 11.3. The molecule has 0 aliphatic heterocycles. The fourth-order valence-corrected chi connectivity index (χ4v) is 4.05. The van der Waals surface area contributed by atoms with Gasteiger partial charge in [-0.1, -0.05) is 66.7 Å². The van der Waals surface area contributed by atoms with E-state index in [0.717, 1.165) is 0 Å². The smallest absolute Gasteiger partial charge is 0.272 e. The largest absolute Gasteiger partial charge is 0.457 e.